The van der Waals surface area contributed by atoms with Crippen molar-refractivity contribution in [1.29, 1.82) is 0 Å². The van der Waals surface area contributed by atoms with E-state index < -0.39 is 23.4 Å². The first-order valence-electron chi connectivity index (χ1n) is 5.50. The quantitative estimate of drug-likeness (QED) is 0.735. The molecule has 0 bridgehead atoms. The van der Waals surface area contributed by atoms with Gasteiger partial charge in [0, 0.05) is 6.42 Å². The molecule has 0 aromatic heterocycles. The molecule has 0 aromatic rings. The fraction of sp³-hybridized carbons (Fsp3) is 0.909. The Labute approximate surface area is 96.0 Å². The molecule has 0 aromatic carbocycles. The normalized spacial score (nSPS) is 21.2. The highest BCUT2D eigenvalue weighted by Gasteiger charge is 2.45. The minimum Gasteiger partial charge on any atom is -0.444 e. The number of β-amino-alcohol motifs (C(OH)–C–C–N with tert-alkyl or cyclic N) is 1. The lowest BCUT2D eigenvalue weighted by Crippen LogP contribution is -2.64. The van der Waals surface area contributed by atoms with Crippen molar-refractivity contribution in [2.45, 2.75) is 51.4 Å². The zero-order chi connectivity index (χ0) is 12.6. The third-order valence-corrected chi connectivity index (χ3v) is 2.30. The Morgan fingerprint density at radius 2 is 2.00 bits per heavy atom. The summed E-state index contributed by atoms with van der Waals surface area (Å²) in [4.78, 5) is 13.0. The summed E-state index contributed by atoms with van der Waals surface area (Å²) in [6, 6.07) is 0. The molecule has 0 aliphatic carbocycles. The summed E-state index contributed by atoms with van der Waals surface area (Å²) in [6.07, 6.45) is -0.694. The number of rotatable bonds is 2. The molecule has 1 heterocycles. The summed E-state index contributed by atoms with van der Waals surface area (Å²) in [6.45, 7) is 7.47. The standard InChI is InChI=1S/C11H21NO4/c1-8(13)5-11(15)6-12(7-11)9(14)16-10(2,3)4/h8,13,15H,5-7H2,1-4H3. The van der Waals surface area contributed by atoms with Gasteiger partial charge >= 0.3 is 6.09 Å². The second-order valence-corrected chi connectivity index (χ2v) is 5.61. The lowest BCUT2D eigenvalue weighted by atomic mass is 9.89. The molecule has 5 nitrogen and oxygen atoms in total. The monoisotopic (exact) mass is 231 g/mol. The van der Waals surface area contributed by atoms with Crippen LogP contribution in [0.4, 0.5) is 4.79 Å². The van der Waals surface area contributed by atoms with Crippen LogP contribution < -0.4 is 0 Å². The Balaban J connectivity index is 2.38. The topological polar surface area (TPSA) is 70.0 Å². The van der Waals surface area contributed by atoms with E-state index in [4.69, 9.17) is 9.84 Å². The molecule has 1 saturated heterocycles. The first-order valence-corrected chi connectivity index (χ1v) is 5.50. The van der Waals surface area contributed by atoms with E-state index in [0.717, 1.165) is 0 Å². The first-order chi connectivity index (χ1) is 7.11. The second-order valence-electron chi connectivity index (χ2n) is 5.61. The van der Waals surface area contributed by atoms with Crippen molar-refractivity contribution < 1.29 is 19.7 Å². The zero-order valence-corrected chi connectivity index (χ0v) is 10.4. The van der Waals surface area contributed by atoms with Gasteiger partial charge in [0.25, 0.3) is 0 Å². The molecule has 0 spiro atoms. The molecule has 1 amide bonds. The molecule has 2 N–H and O–H groups in total. The molecule has 1 atom stereocenters. The number of likely N-dealkylation sites (tertiary alicyclic amines) is 1. The molecule has 94 valence electrons. The molecule has 16 heavy (non-hydrogen) atoms. The van der Waals surface area contributed by atoms with E-state index in [-0.39, 0.29) is 19.5 Å². The number of amides is 1. The highest BCUT2D eigenvalue weighted by atomic mass is 16.6. The second kappa shape index (κ2) is 4.22. The molecule has 1 fully saturated rings. The number of hydrogen-bond donors (Lipinski definition) is 2. The number of ether oxygens (including phenoxy) is 1. The number of carbonyl (C=O) groups is 1. The van der Waals surface area contributed by atoms with E-state index in [9.17, 15) is 9.90 Å². The number of aliphatic hydroxyl groups is 2. The molecule has 1 aliphatic heterocycles. The summed E-state index contributed by atoms with van der Waals surface area (Å²) in [7, 11) is 0. The van der Waals surface area contributed by atoms with Crippen LogP contribution in [0.5, 0.6) is 0 Å². The summed E-state index contributed by atoms with van der Waals surface area (Å²) in [5, 5.41) is 19.1. The van der Waals surface area contributed by atoms with Crippen molar-refractivity contribution >= 4 is 6.09 Å². The number of aliphatic hydroxyl groups excluding tert-OH is 1. The van der Waals surface area contributed by atoms with Crippen LogP contribution >= 0.6 is 0 Å². The van der Waals surface area contributed by atoms with E-state index in [0.29, 0.717) is 0 Å². The Morgan fingerprint density at radius 3 is 2.38 bits per heavy atom. The molecule has 1 unspecified atom stereocenters. The van der Waals surface area contributed by atoms with Gasteiger partial charge in [-0.05, 0) is 27.7 Å². The van der Waals surface area contributed by atoms with Crippen LogP contribution in [-0.4, -0.2) is 51.6 Å². The zero-order valence-electron chi connectivity index (χ0n) is 10.4. The Morgan fingerprint density at radius 1 is 1.50 bits per heavy atom. The van der Waals surface area contributed by atoms with E-state index >= 15 is 0 Å². The molecule has 5 heteroatoms. The molecule has 1 rings (SSSR count). The highest BCUT2D eigenvalue weighted by Crippen LogP contribution is 2.27. The van der Waals surface area contributed by atoms with E-state index in [1.807, 2.05) is 0 Å². The first kappa shape index (κ1) is 13.3. The average Bonchev–Trinajstić information content (AvgIpc) is 1.94. The Bertz CT molecular complexity index is 264. The third kappa shape index (κ3) is 3.64. The van der Waals surface area contributed by atoms with Crippen LogP contribution in [0.25, 0.3) is 0 Å². The van der Waals surface area contributed by atoms with Gasteiger partial charge in [0.1, 0.15) is 11.2 Å². The third-order valence-electron chi connectivity index (χ3n) is 2.30. The molecule has 0 radical (unpaired) electrons. The average molecular weight is 231 g/mol. The van der Waals surface area contributed by atoms with Gasteiger partial charge in [0.15, 0.2) is 0 Å². The minimum absolute atomic E-state index is 0.229. The van der Waals surface area contributed by atoms with Crippen molar-refractivity contribution in [1.82, 2.24) is 4.90 Å². The van der Waals surface area contributed by atoms with Gasteiger partial charge in [-0.2, -0.15) is 0 Å². The number of nitrogens with zero attached hydrogens (tertiary/aromatic N) is 1. The fourth-order valence-corrected chi connectivity index (χ4v) is 1.80. The predicted molar refractivity (Wildman–Crippen MR) is 59.1 cm³/mol. The van der Waals surface area contributed by atoms with Gasteiger partial charge in [-0.1, -0.05) is 0 Å². The van der Waals surface area contributed by atoms with E-state index in [2.05, 4.69) is 0 Å². The van der Waals surface area contributed by atoms with Gasteiger partial charge in [-0.25, -0.2) is 4.79 Å². The lowest BCUT2D eigenvalue weighted by molar-refractivity contribution is -0.116. The minimum atomic E-state index is -0.953. The van der Waals surface area contributed by atoms with E-state index in [1.165, 1.54) is 4.90 Å². The maximum absolute atomic E-state index is 11.5. The molecule has 1 aliphatic rings. The van der Waals surface area contributed by atoms with Crippen molar-refractivity contribution in [3.8, 4) is 0 Å². The largest absolute Gasteiger partial charge is 0.444 e. The predicted octanol–water partition coefficient (Wildman–Crippen LogP) is 0.739. The smallest absolute Gasteiger partial charge is 0.410 e. The van der Waals surface area contributed by atoms with E-state index in [1.54, 1.807) is 27.7 Å². The number of carbonyl (C=O) groups excluding carboxylic acids is 1. The maximum atomic E-state index is 11.5. The Kier molecular flexibility index (Phi) is 3.50. The summed E-state index contributed by atoms with van der Waals surface area (Å²) in [5.74, 6) is 0. The van der Waals surface area contributed by atoms with Gasteiger partial charge in [0.05, 0.1) is 19.2 Å². The van der Waals surface area contributed by atoms with Crippen LogP contribution in [0, 0.1) is 0 Å². The maximum Gasteiger partial charge on any atom is 0.410 e. The van der Waals surface area contributed by atoms with Crippen molar-refractivity contribution in [2.75, 3.05) is 13.1 Å². The molecular weight excluding hydrogens is 210 g/mol. The Hall–Kier alpha value is -0.810. The van der Waals surface area contributed by atoms with Crippen molar-refractivity contribution in [3.05, 3.63) is 0 Å². The van der Waals surface area contributed by atoms with Crippen LogP contribution in [0.3, 0.4) is 0 Å². The SMILES string of the molecule is CC(O)CC1(O)CN(C(=O)OC(C)(C)C)C1. The molecular formula is C11H21NO4. The summed E-state index contributed by atoms with van der Waals surface area (Å²) < 4.78 is 5.15. The van der Waals surface area contributed by atoms with Crippen LogP contribution in [0.2, 0.25) is 0 Å². The summed E-state index contributed by atoms with van der Waals surface area (Å²) in [5.41, 5.74) is -1.47. The van der Waals surface area contributed by atoms with Crippen molar-refractivity contribution in [2.24, 2.45) is 0 Å². The van der Waals surface area contributed by atoms with Gasteiger partial charge in [-0.3, -0.25) is 0 Å². The van der Waals surface area contributed by atoms with Crippen LogP contribution in [-0.2, 0) is 4.74 Å². The van der Waals surface area contributed by atoms with Gasteiger partial charge < -0.3 is 19.8 Å². The number of hydrogen-bond acceptors (Lipinski definition) is 4. The van der Waals surface area contributed by atoms with Crippen molar-refractivity contribution in [3.63, 3.8) is 0 Å². The van der Waals surface area contributed by atoms with Gasteiger partial charge in [0.2, 0.25) is 0 Å². The fourth-order valence-electron chi connectivity index (χ4n) is 1.80. The van der Waals surface area contributed by atoms with Gasteiger partial charge in [-0.15, -0.1) is 0 Å². The summed E-state index contributed by atoms with van der Waals surface area (Å²) >= 11 is 0. The van der Waals surface area contributed by atoms with Crippen LogP contribution in [0.15, 0.2) is 0 Å². The lowest BCUT2D eigenvalue weighted by Gasteiger charge is -2.46. The van der Waals surface area contributed by atoms with Crippen LogP contribution in [0.1, 0.15) is 34.1 Å². The highest BCUT2D eigenvalue weighted by molar-refractivity contribution is 5.69. The molecule has 0 saturated carbocycles.